The van der Waals surface area contributed by atoms with Crippen LogP contribution in [0.5, 0.6) is 11.5 Å². The lowest BCUT2D eigenvalue weighted by molar-refractivity contribution is 0.245. The zero-order chi connectivity index (χ0) is 19.9. The Hall–Kier alpha value is -3.33. The van der Waals surface area contributed by atoms with Crippen LogP contribution in [0, 0.1) is 6.92 Å². The number of hydrogen-bond acceptors (Lipinski definition) is 3. The lowest BCUT2D eigenvalue weighted by Crippen LogP contribution is -2.06. The molecule has 0 atom stereocenters. The average Bonchev–Trinajstić information content (AvgIpc) is 2.70. The minimum Gasteiger partial charge on any atom is -0.508 e. The Morgan fingerprint density at radius 3 is 2.11 bits per heavy atom. The van der Waals surface area contributed by atoms with Crippen LogP contribution in [-0.4, -0.2) is 16.2 Å². The van der Waals surface area contributed by atoms with E-state index in [-0.39, 0.29) is 6.10 Å². The van der Waals surface area contributed by atoms with Gasteiger partial charge in [-0.1, -0.05) is 60.7 Å². The molecule has 3 heteroatoms. The zero-order valence-corrected chi connectivity index (χ0v) is 16.5. The fraction of sp³-hybridized carbons (Fsp3) is 0.160. The zero-order valence-electron chi connectivity index (χ0n) is 16.5. The molecule has 0 aliphatic rings. The number of nitrogens with zero attached hydrogens (tertiary/aromatic N) is 1. The Morgan fingerprint density at radius 1 is 0.750 bits per heavy atom. The summed E-state index contributed by atoms with van der Waals surface area (Å²) >= 11 is 0. The van der Waals surface area contributed by atoms with Gasteiger partial charge in [-0.15, -0.1) is 0 Å². The molecule has 1 N–H and O–H groups in total. The van der Waals surface area contributed by atoms with Gasteiger partial charge in [0.15, 0.2) is 0 Å². The van der Waals surface area contributed by atoms with Crippen molar-refractivity contribution in [1.29, 1.82) is 0 Å². The summed E-state index contributed by atoms with van der Waals surface area (Å²) in [7, 11) is 0. The van der Waals surface area contributed by atoms with E-state index in [9.17, 15) is 0 Å². The van der Waals surface area contributed by atoms with Gasteiger partial charge in [-0.25, -0.2) is 4.98 Å². The smallest absolute Gasteiger partial charge is 0.145 e. The Balaban J connectivity index is 0.000000162. The van der Waals surface area contributed by atoms with Gasteiger partial charge in [-0.2, -0.15) is 0 Å². The highest BCUT2D eigenvalue weighted by atomic mass is 16.5. The molecule has 4 aromatic rings. The number of benzene rings is 3. The maximum absolute atomic E-state index is 9.10. The van der Waals surface area contributed by atoms with Gasteiger partial charge in [-0.05, 0) is 56.2 Å². The fourth-order valence-electron chi connectivity index (χ4n) is 2.85. The number of hydrogen-bond donors (Lipinski definition) is 1. The molecular formula is C25H25NO2. The molecule has 0 spiro atoms. The van der Waals surface area contributed by atoms with Crippen LogP contribution in [0.15, 0.2) is 84.9 Å². The highest BCUT2D eigenvalue weighted by Crippen LogP contribution is 2.24. The molecule has 0 saturated heterocycles. The van der Waals surface area contributed by atoms with Crippen LogP contribution in [0.25, 0.3) is 22.0 Å². The SMILES string of the molecule is Cc1ccc2cccc(OC(C)C)c2n1.Oc1ccc(-c2ccccc2)cc1. The third-order valence-electron chi connectivity index (χ3n) is 4.16. The number of aromatic nitrogens is 1. The van der Waals surface area contributed by atoms with Crippen molar-refractivity contribution in [2.45, 2.75) is 26.9 Å². The van der Waals surface area contributed by atoms with Gasteiger partial charge in [0, 0.05) is 11.1 Å². The van der Waals surface area contributed by atoms with E-state index in [1.165, 1.54) is 5.56 Å². The standard InChI is InChI=1S/C13H15NO.C12H10O/c1-9(2)15-12-6-4-5-11-8-7-10(3)14-13(11)12;13-12-8-6-11(7-9-12)10-4-2-1-3-5-10/h4-9H,1-3H3;1-9,13H. The molecule has 0 bridgehead atoms. The van der Waals surface area contributed by atoms with E-state index in [0.717, 1.165) is 27.9 Å². The predicted octanol–water partition coefficient (Wildman–Crippen LogP) is 6.39. The first kappa shape index (κ1) is 19.4. The van der Waals surface area contributed by atoms with E-state index in [2.05, 4.69) is 17.1 Å². The Morgan fingerprint density at radius 2 is 1.43 bits per heavy atom. The summed E-state index contributed by atoms with van der Waals surface area (Å²) in [5.41, 5.74) is 4.26. The number of rotatable bonds is 3. The molecule has 1 heterocycles. The van der Waals surface area contributed by atoms with Crippen LogP contribution in [0.1, 0.15) is 19.5 Å². The van der Waals surface area contributed by atoms with Gasteiger partial charge < -0.3 is 9.84 Å². The fourth-order valence-corrected chi connectivity index (χ4v) is 2.85. The lowest BCUT2D eigenvalue weighted by Gasteiger charge is -2.11. The third-order valence-corrected chi connectivity index (χ3v) is 4.16. The Bertz CT molecular complexity index is 1030. The lowest BCUT2D eigenvalue weighted by atomic mass is 10.1. The monoisotopic (exact) mass is 371 g/mol. The number of aromatic hydroxyl groups is 1. The topological polar surface area (TPSA) is 42.4 Å². The van der Waals surface area contributed by atoms with Gasteiger partial charge in [0.05, 0.1) is 6.10 Å². The van der Waals surface area contributed by atoms with Crippen LogP contribution < -0.4 is 4.74 Å². The minimum atomic E-state index is 0.179. The summed E-state index contributed by atoms with van der Waals surface area (Å²) in [6, 6.07) is 27.4. The van der Waals surface area contributed by atoms with E-state index in [4.69, 9.17) is 9.84 Å². The number of ether oxygens (including phenoxy) is 1. The van der Waals surface area contributed by atoms with Crippen molar-refractivity contribution in [3.05, 3.63) is 90.6 Å². The maximum atomic E-state index is 9.10. The highest BCUT2D eigenvalue weighted by Gasteiger charge is 2.05. The number of phenols is 1. The third kappa shape index (κ3) is 5.10. The average molecular weight is 371 g/mol. The largest absolute Gasteiger partial charge is 0.508 e. The summed E-state index contributed by atoms with van der Waals surface area (Å²) in [6.07, 6.45) is 0.179. The first-order valence-corrected chi connectivity index (χ1v) is 9.40. The second kappa shape index (κ2) is 9.05. The number of fused-ring (bicyclic) bond motifs is 1. The number of phenolic OH excluding ortho intramolecular Hbond substituents is 1. The van der Waals surface area contributed by atoms with Crippen LogP contribution >= 0.6 is 0 Å². The molecule has 3 aromatic carbocycles. The van der Waals surface area contributed by atoms with Crippen LogP contribution in [-0.2, 0) is 0 Å². The molecule has 3 nitrogen and oxygen atoms in total. The van der Waals surface area contributed by atoms with Crippen molar-refractivity contribution in [3.8, 4) is 22.6 Å². The summed E-state index contributed by atoms with van der Waals surface area (Å²) in [5.74, 6) is 1.17. The Kier molecular flexibility index (Phi) is 6.28. The molecule has 142 valence electrons. The molecule has 4 rings (SSSR count). The van der Waals surface area contributed by atoms with Crippen LogP contribution in [0.3, 0.4) is 0 Å². The molecule has 0 radical (unpaired) electrons. The van der Waals surface area contributed by atoms with E-state index in [1.54, 1.807) is 12.1 Å². The van der Waals surface area contributed by atoms with Crippen molar-refractivity contribution < 1.29 is 9.84 Å². The number of para-hydroxylation sites is 1. The first-order chi connectivity index (χ1) is 13.5. The van der Waals surface area contributed by atoms with Gasteiger partial charge in [0.2, 0.25) is 0 Å². The van der Waals surface area contributed by atoms with E-state index in [0.29, 0.717) is 5.75 Å². The first-order valence-electron chi connectivity index (χ1n) is 9.40. The molecule has 0 unspecified atom stereocenters. The quantitative estimate of drug-likeness (QED) is 0.454. The van der Waals surface area contributed by atoms with Crippen molar-refractivity contribution in [2.75, 3.05) is 0 Å². The molecule has 0 aliphatic heterocycles. The minimum absolute atomic E-state index is 0.179. The summed E-state index contributed by atoms with van der Waals surface area (Å²) in [5, 5.41) is 10.2. The second-order valence-electron chi connectivity index (χ2n) is 6.86. The molecule has 1 aromatic heterocycles. The van der Waals surface area contributed by atoms with Crippen molar-refractivity contribution in [1.82, 2.24) is 4.98 Å². The normalized spacial score (nSPS) is 10.4. The van der Waals surface area contributed by atoms with Gasteiger partial charge in [0.1, 0.15) is 17.0 Å². The molecule has 0 amide bonds. The molecule has 0 saturated carbocycles. The van der Waals surface area contributed by atoms with Gasteiger partial charge in [-0.3, -0.25) is 0 Å². The molecule has 0 aliphatic carbocycles. The van der Waals surface area contributed by atoms with Gasteiger partial charge in [0.25, 0.3) is 0 Å². The van der Waals surface area contributed by atoms with E-state index in [1.807, 2.05) is 81.4 Å². The molecule has 28 heavy (non-hydrogen) atoms. The summed E-state index contributed by atoms with van der Waals surface area (Å²) < 4.78 is 5.72. The number of pyridine rings is 1. The summed E-state index contributed by atoms with van der Waals surface area (Å²) in [6.45, 7) is 6.04. The second-order valence-corrected chi connectivity index (χ2v) is 6.86. The van der Waals surface area contributed by atoms with Crippen molar-refractivity contribution in [3.63, 3.8) is 0 Å². The summed E-state index contributed by atoms with van der Waals surface area (Å²) in [4.78, 5) is 4.50. The Labute approximate surface area is 166 Å². The van der Waals surface area contributed by atoms with E-state index < -0.39 is 0 Å². The van der Waals surface area contributed by atoms with Crippen LogP contribution in [0.4, 0.5) is 0 Å². The van der Waals surface area contributed by atoms with Crippen LogP contribution in [0.2, 0.25) is 0 Å². The highest BCUT2D eigenvalue weighted by molar-refractivity contribution is 5.84. The maximum Gasteiger partial charge on any atom is 0.145 e. The molecule has 0 fully saturated rings. The van der Waals surface area contributed by atoms with E-state index >= 15 is 0 Å². The molecular weight excluding hydrogens is 346 g/mol. The predicted molar refractivity (Wildman–Crippen MR) is 116 cm³/mol. The number of aryl methyl sites for hydroxylation is 1. The van der Waals surface area contributed by atoms with Gasteiger partial charge >= 0.3 is 0 Å². The van der Waals surface area contributed by atoms with Crippen molar-refractivity contribution >= 4 is 10.9 Å². The van der Waals surface area contributed by atoms with Crippen molar-refractivity contribution in [2.24, 2.45) is 0 Å².